The van der Waals surface area contributed by atoms with Gasteiger partial charge in [0.25, 0.3) is 0 Å². The number of hydrogen-bond donors (Lipinski definition) is 1. The highest BCUT2D eigenvalue weighted by atomic mass is 16.5. The Balaban J connectivity index is 2.03. The van der Waals surface area contributed by atoms with Crippen LogP contribution in [0, 0.1) is 5.41 Å². The molecule has 3 nitrogen and oxygen atoms in total. The molecule has 0 amide bonds. The van der Waals surface area contributed by atoms with Crippen molar-refractivity contribution in [3.05, 3.63) is 29.3 Å². The number of fused-ring (bicyclic) bond motifs is 1. The Morgan fingerprint density at radius 2 is 2.24 bits per heavy atom. The van der Waals surface area contributed by atoms with Crippen LogP contribution in [0.5, 0.6) is 5.75 Å². The zero-order valence-corrected chi connectivity index (χ0v) is 10.3. The van der Waals surface area contributed by atoms with Gasteiger partial charge in [-0.15, -0.1) is 0 Å². The summed E-state index contributed by atoms with van der Waals surface area (Å²) in [4.78, 5) is 11.0. The van der Waals surface area contributed by atoms with Crippen molar-refractivity contribution in [2.24, 2.45) is 5.41 Å². The maximum atomic E-state index is 11.0. The summed E-state index contributed by atoms with van der Waals surface area (Å²) in [5.74, 6) is 0.244. The molecule has 1 N–H and O–H groups in total. The molecule has 1 aromatic carbocycles. The predicted octanol–water partition coefficient (Wildman–Crippen LogP) is 2.66. The van der Waals surface area contributed by atoms with E-state index in [1.54, 1.807) is 13.8 Å². The average molecular weight is 234 g/mol. The Hall–Kier alpha value is -1.51. The molecule has 0 radical (unpaired) electrons. The van der Waals surface area contributed by atoms with Crippen LogP contribution < -0.4 is 4.74 Å². The SMILES string of the molecule is CC(C)(CCc1ccc2c(c1)CCO2)C(=O)O. The summed E-state index contributed by atoms with van der Waals surface area (Å²) in [6.45, 7) is 4.30. The minimum Gasteiger partial charge on any atom is -0.493 e. The standard InChI is InChI=1S/C14H18O3/c1-14(2,13(15)16)7-5-10-3-4-12-11(9-10)6-8-17-12/h3-4,9H,5-8H2,1-2H3,(H,15,16). The van der Waals surface area contributed by atoms with Crippen molar-refractivity contribution < 1.29 is 14.6 Å². The largest absolute Gasteiger partial charge is 0.493 e. The quantitative estimate of drug-likeness (QED) is 0.871. The van der Waals surface area contributed by atoms with Crippen molar-refractivity contribution in [1.29, 1.82) is 0 Å². The highest BCUT2D eigenvalue weighted by molar-refractivity contribution is 5.73. The number of carboxylic acids is 1. The van der Waals surface area contributed by atoms with Gasteiger partial charge in [-0.1, -0.05) is 12.1 Å². The fourth-order valence-electron chi connectivity index (χ4n) is 1.96. The number of carboxylic acid groups (broad SMARTS) is 1. The Labute approximate surface area is 101 Å². The van der Waals surface area contributed by atoms with Gasteiger partial charge >= 0.3 is 5.97 Å². The number of hydrogen-bond acceptors (Lipinski definition) is 2. The van der Waals surface area contributed by atoms with E-state index in [0.29, 0.717) is 6.42 Å². The molecule has 2 rings (SSSR count). The van der Waals surface area contributed by atoms with Crippen molar-refractivity contribution in [3.63, 3.8) is 0 Å². The summed E-state index contributed by atoms with van der Waals surface area (Å²) in [5, 5.41) is 9.05. The van der Waals surface area contributed by atoms with Gasteiger partial charge < -0.3 is 9.84 Å². The summed E-state index contributed by atoms with van der Waals surface area (Å²) >= 11 is 0. The first-order chi connectivity index (χ1) is 7.99. The molecule has 0 aromatic heterocycles. The van der Waals surface area contributed by atoms with Crippen LogP contribution in [0.15, 0.2) is 18.2 Å². The van der Waals surface area contributed by atoms with Gasteiger partial charge in [0.05, 0.1) is 12.0 Å². The van der Waals surface area contributed by atoms with E-state index in [0.717, 1.165) is 25.2 Å². The van der Waals surface area contributed by atoms with E-state index < -0.39 is 11.4 Å². The second-order valence-corrected chi connectivity index (χ2v) is 5.23. The van der Waals surface area contributed by atoms with Crippen molar-refractivity contribution >= 4 is 5.97 Å². The lowest BCUT2D eigenvalue weighted by Crippen LogP contribution is -2.24. The Morgan fingerprint density at radius 3 is 2.94 bits per heavy atom. The molecule has 0 aliphatic carbocycles. The van der Waals surface area contributed by atoms with E-state index in [1.165, 1.54) is 11.1 Å². The molecule has 1 aliphatic rings. The van der Waals surface area contributed by atoms with Crippen LogP contribution in [0.3, 0.4) is 0 Å². The zero-order chi connectivity index (χ0) is 12.5. The number of aliphatic carboxylic acids is 1. The van der Waals surface area contributed by atoms with Crippen LogP contribution in [-0.2, 0) is 17.6 Å². The topological polar surface area (TPSA) is 46.5 Å². The minimum absolute atomic E-state index is 0.655. The van der Waals surface area contributed by atoms with Gasteiger partial charge in [-0.05, 0) is 43.9 Å². The summed E-state index contributed by atoms with van der Waals surface area (Å²) < 4.78 is 5.44. The fourth-order valence-corrected chi connectivity index (χ4v) is 1.96. The van der Waals surface area contributed by atoms with Crippen LogP contribution in [0.1, 0.15) is 31.4 Å². The lowest BCUT2D eigenvalue weighted by atomic mass is 9.86. The number of rotatable bonds is 4. The Bertz CT molecular complexity index is 435. The lowest BCUT2D eigenvalue weighted by molar-refractivity contribution is -0.147. The summed E-state index contributed by atoms with van der Waals surface area (Å²) in [6, 6.07) is 6.16. The van der Waals surface area contributed by atoms with Crippen molar-refractivity contribution in [3.8, 4) is 5.75 Å². The zero-order valence-electron chi connectivity index (χ0n) is 10.3. The fraction of sp³-hybridized carbons (Fsp3) is 0.500. The van der Waals surface area contributed by atoms with Gasteiger partial charge in [-0.3, -0.25) is 4.79 Å². The smallest absolute Gasteiger partial charge is 0.309 e. The van der Waals surface area contributed by atoms with Gasteiger partial charge in [0, 0.05) is 6.42 Å². The first kappa shape index (κ1) is 12.0. The highest BCUT2D eigenvalue weighted by Gasteiger charge is 2.26. The van der Waals surface area contributed by atoms with Gasteiger partial charge in [0.15, 0.2) is 0 Å². The van der Waals surface area contributed by atoms with Crippen molar-refractivity contribution in [2.75, 3.05) is 6.61 Å². The van der Waals surface area contributed by atoms with Crippen LogP contribution >= 0.6 is 0 Å². The monoisotopic (exact) mass is 234 g/mol. The summed E-state index contributed by atoms with van der Waals surface area (Å²) in [7, 11) is 0. The molecule has 1 aromatic rings. The maximum Gasteiger partial charge on any atom is 0.309 e. The summed E-state index contributed by atoms with van der Waals surface area (Å²) in [6.07, 6.45) is 2.42. The molecule has 0 unspecified atom stereocenters. The predicted molar refractivity (Wildman–Crippen MR) is 65.4 cm³/mol. The second kappa shape index (κ2) is 4.40. The molecule has 0 atom stereocenters. The van der Waals surface area contributed by atoms with E-state index >= 15 is 0 Å². The molecule has 1 heterocycles. The third kappa shape index (κ3) is 2.60. The Morgan fingerprint density at radius 1 is 1.47 bits per heavy atom. The van der Waals surface area contributed by atoms with E-state index in [4.69, 9.17) is 9.84 Å². The minimum atomic E-state index is -0.734. The molecule has 0 fully saturated rings. The number of benzene rings is 1. The molecular weight excluding hydrogens is 216 g/mol. The highest BCUT2D eigenvalue weighted by Crippen LogP contribution is 2.28. The van der Waals surface area contributed by atoms with E-state index in [2.05, 4.69) is 6.07 Å². The first-order valence-corrected chi connectivity index (χ1v) is 5.97. The molecule has 0 saturated heterocycles. The number of ether oxygens (including phenoxy) is 1. The normalized spacial score (nSPS) is 14.2. The van der Waals surface area contributed by atoms with E-state index in [-0.39, 0.29) is 0 Å². The van der Waals surface area contributed by atoms with Gasteiger partial charge in [-0.2, -0.15) is 0 Å². The Kier molecular flexibility index (Phi) is 3.09. The van der Waals surface area contributed by atoms with Gasteiger partial charge in [-0.25, -0.2) is 0 Å². The second-order valence-electron chi connectivity index (χ2n) is 5.23. The van der Waals surface area contributed by atoms with Crippen LogP contribution in [-0.4, -0.2) is 17.7 Å². The molecular formula is C14H18O3. The van der Waals surface area contributed by atoms with Crippen molar-refractivity contribution in [2.45, 2.75) is 33.1 Å². The molecule has 0 saturated carbocycles. The molecule has 0 bridgehead atoms. The lowest BCUT2D eigenvalue weighted by Gasteiger charge is -2.18. The number of carbonyl (C=O) groups is 1. The van der Waals surface area contributed by atoms with Crippen LogP contribution in [0.25, 0.3) is 0 Å². The molecule has 0 spiro atoms. The van der Waals surface area contributed by atoms with Crippen LogP contribution in [0.2, 0.25) is 0 Å². The third-order valence-corrected chi connectivity index (χ3v) is 3.37. The number of aryl methyl sites for hydroxylation is 1. The van der Waals surface area contributed by atoms with E-state index in [9.17, 15) is 4.79 Å². The average Bonchev–Trinajstić information content (AvgIpc) is 2.73. The molecule has 92 valence electrons. The van der Waals surface area contributed by atoms with Gasteiger partial charge in [0.1, 0.15) is 5.75 Å². The maximum absolute atomic E-state index is 11.0. The molecule has 1 aliphatic heterocycles. The molecule has 3 heteroatoms. The van der Waals surface area contributed by atoms with E-state index in [1.807, 2.05) is 12.1 Å². The van der Waals surface area contributed by atoms with Gasteiger partial charge in [0.2, 0.25) is 0 Å². The molecule has 17 heavy (non-hydrogen) atoms. The third-order valence-electron chi connectivity index (χ3n) is 3.37. The first-order valence-electron chi connectivity index (χ1n) is 5.97. The van der Waals surface area contributed by atoms with Crippen molar-refractivity contribution in [1.82, 2.24) is 0 Å². The van der Waals surface area contributed by atoms with Crippen LogP contribution in [0.4, 0.5) is 0 Å². The summed E-state index contributed by atoms with van der Waals surface area (Å²) in [5.41, 5.74) is 1.79.